The molecule has 0 aliphatic carbocycles. The highest BCUT2D eigenvalue weighted by molar-refractivity contribution is 5.91. The number of pyridine rings is 1. The van der Waals surface area contributed by atoms with Crippen LogP contribution in [0.5, 0.6) is 5.75 Å². The minimum atomic E-state index is -0.234. The molecule has 23 heavy (non-hydrogen) atoms. The van der Waals surface area contributed by atoms with Crippen molar-refractivity contribution >= 4 is 11.6 Å². The van der Waals surface area contributed by atoms with E-state index in [1.807, 2.05) is 0 Å². The maximum atomic E-state index is 11.9. The van der Waals surface area contributed by atoms with Crippen molar-refractivity contribution < 1.29 is 14.3 Å². The minimum absolute atomic E-state index is 0.0669. The molecule has 7 nitrogen and oxygen atoms in total. The van der Waals surface area contributed by atoms with E-state index in [-0.39, 0.29) is 18.6 Å². The molecule has 1 aliphatic rings. The number of ether oxygens (including phenoxy) is 2. The first-order chi connectivity index (χ1) is 11.3. The van der Waals surface area contributed by atoms with Crippen LogP contribution in [0.4, 0.5) is 5.69 Å². The molecular formula is C16H20N4O3. The quantitative estimate of drug-likeness (QED) is 0.880. The number of amides is 1. The Labute approximate surface area is 134 Å². The summed E-state index contributed by atoms with van der Waals surface area (Å²) in [6.45, 7) is 1.46. The van der Waals surface area contributed by atoms with Gasteiger partial charge in [-0.1, -0.05) is 0 Å². The van der Waals surface area contributed by atoms with E-state index in [1.54, 1.807) is 41.6 Å². The first-order valence-corrected chi connectivity index (χ1v) is 7.76. The van der Waals surface area contributed by atoms with Crippen molar-refractivity contribution in [1.29, 1.82) is 0 Å². The first-order valence-electron chi connectivity index (χ1n) is 7.76. The van der Waals surface area contributed by atoms with Crippen molar-refractivity contribution in [3.8, 4) is 5.75 Å². The molecule has 1 fully saturated rings. The van der Waals surface area contributed by atoms with Gasteiger partial charge in [-0.2, -0.15) is 5.10 Å². The molecule has 1 amide bonds. The maximum absolute atomic E-state index is 11.9. The summed E-state index contributed by atoms with van der Waals surface area (Å²) in [5.41, 5.74) is 0.653. The number of nitrogens with one attached hydrogen (secondary N) is 1. The van der Waals surface area contributed by atoms with E-state index in [4.69, 9.17) is 9.47 Å². The summed E-state index contributed by atoms with van der Waals surface area (Å²) in [6.07, 6.45) is 10.2. The fraction of sp³-hybridized carbons (Fsp3) is 0.438. The summed E-state index contributed by atoms with van der Waals surface area (Å²) in [5, 5.41) is 7.01. The van der Waals surface area contributed by atoms with Crippen molar-refractivity contribution in [1.82, 2.24) is 14.8 Å². The second-order valence-corrected chi connectivity index (χ2v) is 5.47. The molecule has 1 N–H and O–H groups in total. The Morgan fingerprint density at radius 1 is 1.43 bits per heavy atom. The van der Waals surface area contributed by atoms with Gasteiger partial charge in [-0.05, 0) is 31.4 Å². The van der Waals surface area contributed by atoms with Gasteiger partial charge < -0.3 is 14.8 Å². The van der Waals surface area contributed by atoms with Crippen LogP contribution in [0.25, 0.3) is 0 Å². The summed E-state index contributed by atoms with van der Waals surface area (Å²) < 4.78 is 12.8. The van der Waals surface area contributed by atoms with E-state index in [1.165, 1.54) is 6.42 Å². The molecule has 0 aromatic carbocycles. The van der Waals surface area contributed by atoms with Gasteiger partial charge in [0, 0.05) is 19.0 Å². The van der Waals surface area contributed by atoms with Gasteiger partial charge in [-0.25, -0.2) is 0 Å². The molecule has 0 saturated carbocycles. The molecule has 3 heterocycles. The molecule has 0 bridgehead atoms. The lowest BCUT2D eigenvalue weighted by Gasteiger charge is -2.22. The molecule has 2 aromatic heterocycles. The van der Waals surface area contributed by atoms with E-state index < -0.39 is 0 Å². The molecule has 3 rings (SSSR count). The standard InChI is InChI=1S/C16H20N4O3/c21-16(12-23-14-5-3-6-17-9-14)19-13-8-18-20(10-13)11-15-4-1-2-7-22-15/h3,5-6,8-10,15H,1-2,4,7,11-12H2,(H,19,21). The highest BCUT2D eigenvalue weighted by Crippen LogP contribution is 2.15. The fourth-order valence-electron chi connectivity index (χ4n) is 2.47. The second kappa shape index (κ2) is 7.73. The molecule has 7 heteroatoms. The van der Waals surface area contributed by atoms with Crippen molar-refractivity contribution in [2.75, 3.05) is 18.5 Å². The summed E-state index contributed by atoms with van der Waals surface area (Å²) in [4.78, 5) is 15.8. The third-order valence-corrected chi connectivity index (χ3v) is 3.59. The van der Waals surface area contributed by atoms with Gasteiger partial charge >= 0.3 is 0 Å². The highest BCUT2D eigenvalue weighted by atomic mass is 16.5. The number of rotatable bonds is 6. The molecule has 1 unspecified atom stereocenters. The van der Waals surface area contributed by atoms with E-state index in [9.17, 15) is 4.79 Å². The Morgan fingerprint density at radius 2 is 2.39 bits per heavy atom. The van der Waals surface area contributed by atoms with Crippen LogP contribution in [0.3, 0.4) is 0 Å². The van der Waals surface area contributed by atoms with Crippen LogP contribution in [0, 0.1) is 0 Å². The zero-order valence-electron chi connectivity index (χ0n) is 12.9. The molecule has 1 aliphatic heterocycles. The molecule has 1 saturated heterocycles. The molecule has 122 valence electrons. The van der Waals surface area contributed by atoms with Crippen molar-refractivity contribution in [2.45, 2.75) is 31.9 Å². The predicted octanol–water partition coefficient (Wildman–Crippen LogP) is 1.86. The van der Waals surface area contributed by atoms with Gasteiger partial charge in [0.15, 0.2) is 6.61 Å². The average molecular weight is 316 g/mol. The zero-order chi connectivity index (χ0) is 15.9. The summed E-state index contributed by atoms with van der Waals surface area (Å²) in [7, 11) is 0. The third kappa shape index (κ3) is 4.79. The van der Waals surface area contributed by atoms with Gasteiger partial charge in [-0.15, -0.1) is 0 Å². The lowest BCUT2D eigenvalue weighted by molar-refractivity contribution is -0.118. The van der Waals surface area contributed by atoms with Gasteiger partial charge in [0.1, 0.15) is 5.75 Å². The van der Waals surface area contributed by atoms with E-state index in [0.717, 1.165) is 19.4 Å². The monoisotopic (exact) mass is 316 g/mol. The van der Waals surface area contributed by atoms with Crippen LogP contribution < -0.4 is 10.1 Å². The topological polar surface area (TPSA) is 78.3 Å². The number of carbonyl (C=O) groups is 1. The molecule has 0 radical (unpaired) electrons. The maximum Gasteiger partial charge on any atom is 0.262 e. The van der Waals surface area contributed by atoms with Crippen molar-refractivity contribution in [3.63, 3.8) is 0 Å². The highest BCUT2D eigenvalue weighted by Gasteiger charge is 2.15. The Bertz CT molecular complexity index is 623. The van der Waals surface area contributed by atoms with Gasteiger partial charge in [0.25, 0.3) is 5.91 Å². The van der Waals surface area contributed by atoms with Crippen LogP contribution in [0.2, 0.25) is 0 Å². The van der Waals surface area contributed by atoms with Crippen molar-refractivity contribution in [3.05, 3.63) is 36.9 Å². The normalized spacial score (nSPS) is 17.7. The molecular weight excluding hydrogens is 296 g/mol. The minimum Gasteiger partial charge on any atom is -0.482 e. The Kier molecular flexibility index (Phi) is 5.21. The summed E-state index contributed by atoms with van der Waals surface area (Å²) in [6, 6.07) is 3.51. The Hall–Kier alpha value is -2.41. The molecule has 0 spiro atoms. The van der Waals surface area contributed by atoms with Crippen LogP contribution in [-0.4, -0.2) is 40.0 Å². The number of nitrogens with zero attached hydrogens (tertiary/aromatic N) is 3. The number of hydrogen-bond donors (Lipinski definition) is 1. The van der Waals surface area contributed by atoms with Crippen LogP contribution in [0.1, 0.15) is 19.3 Å². The molecule has 2 aromatic rings. The van der Waals surface area contributed by atoms with E-state index in [2.05, 4.69) is 15.4 Å². The third-order valence-electron chi connectivity index (χ3n) is 3.59. The fourth-order valence-corrected chi connectivity index (χ4v) is 2.47. The van der Waals surface area contributed by atoms with Gasteiger partial charge in [-0.3, -0.25) is 14.5 Å². The summed E-state index contributed by atoms with van der Waals surface area (Å²) in [5.74, 6) is 0.329. The smallest absolute Gasteiger partial charge is 0.262 e. The van der Waals surface area contributed by atoms with Crippen LogP contribution in [-0.2, 0) is 16.1 Å². The Morgan fingerprint density at radius 3 is 3.17 bits per heavy atom. The lowest BCUT2D eigenvalue weighted by Crippen LogP contribution is -2.24. The van der Waals surface area contributed by atoms with Crippen LogP contribution in [0.15, 0.2) is 36.9 Å². The lowest BCUT2D eigenvalue weighted by atomic mass is 10.1. The van der Waals surface area contributed by atoms with Gasteiger partial charge in [0.05, 0.1) is 30.7 Å². The predicted molar refractivity (Wildman–Crippen MR) is 84.2 cm³/mol. The first kappa shape index (κ1) is 15.5. The SMILES string of the molecule is O=C(COc1cccnc1)Nc1cnn(CC2CCCCO2)c1. The van der Waals surface area contributed by atoms with Crippen LogP contribution >= 0.6 is 0 Å². The molecule has 1 atom stereocenters. The number of carbonyl (C=O) groups excluding carboxylic acids is 1. The Balaban J connectivity index is 1.45. The largest absolute Gasteiger partial charge is 0.482 e. The summed E-state index contributed by atoms with van der Waals surface area (Å²) >= 11 is 0. The number of anilines is 1. The zero-order valence-corrected chi connectivity index (χ0v) is 12.9. The number of aromatic nitrogens is 3. The van der Waals surface area contributed by atoms with E-state index in [0.29, 0.717) is 18.0 Å². The van der Waals surface area contributed by atoms with Gasteiger partial charge in [0.2, 0.25) is 0 Å². The van der Waals surface area contributed by atoms with E-state index >= 15 is 0 Å². The average Bonchev–Trinajstić information content (AvgIpc) is 3.02. The number of hydrogen-bond acceptors (Lipinski definition) is 5. The van der Waals surface area contributed by atoms with Crippen molar-refractivity contribution in [2.24, 2.45) is 0 Å². The second-order valence-electron chi connectivity index (χ2n) is 5.47.